The summed E-state index contributed by atoms with van der Waals surface area (Å²) in [6.07, 6.45) is 6.87. The maximum atomic E-state index is 11.0. The maximum absolute atomic E-state index is 11.0. The Hall–Kier alpha value is 0.200. The van der Waals surface area contributed by atoms with Crippen LogP contribution >= 0.6 is 10.7 Å². The van der Waals surface area contributed by atoms with Gasteiger partial charge >= 0.3 is 0 Å². The lowest BCUT2D eigenvalue weighted by molar-refractivity contribution is 0.0360. The number of rotatable bonds is 7. The van der Waals surface area contributed by atoms with Crippen molar-refractivity contribution in [2.45, 2.75) is 51.6 Å². The second kappa shape index (κ2) is 6.82. The van der Waals surface area contributed by atoms with Gasteiger partial charge in [0, 0.05) is 10.7 Å². The summed E-state index contributed by atoms with van der Waals surface area (Å²) in [4.78, 5) is 0. The Bertz CT molecular complexity index is 284. The molecule has 1 rings (SSSR count). The summed E-state index contributed by atoms with van der Waals surface area (Å²) in [5, 5.41) is 0. The molecule has 0 radical (unpaired) electrons. The van der Waals surface area contributed by atoms with Crippen molar-refractivity contribution in [2.75, 3.05) is 12.4 Å². The van der Waals surface area contributed by atoms with Crippen molar-refractivity contribution < 1.29 is 13.2 Å². The fourth-order valence-electron chi connectivity index (χ4n) is 2.23. The molecule has 1 atom stereocenters. The van der Waals surface area contributed by atoms with Crippen LogP contribution < -0.4 is 0 Å². The highest BCUT2D eigenvalue weighted by Crippen LogP contribution is 2.22. The van der Waals surface area contributed by atoms with E-state index >= 15 is 0 Å². The van der Waals surface area contributed by atoms with E-state index < -0.39 is 9.05 Å². The minimum Gasteiger partial charge on any atom is -0.378 e. The first kappa shape index (κ1) is 14.3. The molecular formula is C11H21ClO3S. The smallest absolute Gasteiger partial charge is 0.232 e. The largest absolute Gasteiger partial charge is 0.378 e. The zero-order valence-electron chi connectivity index (χ0n) is 9.82. The molecule has 1 aliphatic rings. The molecule has 1 unspecified atom stereocenters. The predicted octanol–water partition coefficient (Wildman–Crippen LogP) is 2.93. The average molecular weight is 269 g/mol. The minimum absolute atomic E-state index is 0.0368. The Morgan fingerprint density at radius 2 is 2.00 bits per heavy atom. The molecule has 0 N–H and O–H groups in total. The third-order valence-electron chi connectivity index (χ3n) is 3.00. The Labute approximate surface area is 103 Å². The third kappa shape index (κ3) is 6.06. The van der Waals surface area contributed by atoms with Gasteiger partial charge in [-0.2, -0.15) is 0 Å². The lowest BCUT2D eigenvalue weighted by Crippen LogP contribution is -2.21. The van der Waals surface area contributed by atoms with Crippen molar-refractivity contribution in [1.82, 2.24) is 0 Å². The summed E-state index contributed by atoms with van der Waals surface area (Å²) in [5.41, 5.74) is 0. The maximum Gasteiger partial charge on any atom is 0.232 e. The van der Waals surface area contributed by atoms with Crippen molar-refractivity contribution in [2.24, 2.45) is 5.92 Å². The normalized spacial score (nSPS) is 20.1. The molecule has 1 aliphatic carbocycles. The van der Waals surface area contributed by atoms with Crippen molar-refractivity contribution in [1.29, 1.82) is 0 Å². The number of halogens is 1. The van der Waals surface area contributed by atoms with Crippen LogP contribution in [0.5, 0.6) is 0 Å². The van der Waals surface area contributed by atoms with Gasteiger partial charge in [0.05, 0.1) is 18.5 Å². The molecule has 0 aromatic carbocycles. The van der Waals surface area contributed by atoms with Crippen LogP contribution in [-0.2, 0) is 13.8 Å². The van der Waals surface area contributed by atoms with Crippen molar-refractivity contribution in [3.8, 4) is 0 Å². The van der Waals surface area contributed by atoms with Gasteiger partial charge in [0.15, 0.2) is 0 Å². The first-order chi connectivity index (χ1) is 7.51. The molecule has 3 nitrogen and oxygen atoms in total. The highest BCUT2D eigenvalue weighted by atomic mass is 35.7. The first-order valence-corrected chi connectivity index (χ1v) is 8.53. The minimum atomic E-state index is -3.40. The fourth-order valence-corrected chi connectivity index (χ4v) is 3.59. The summed E-state index contributed by atoms with van der Waals surface area (Å²) in [5.74, 6) is 0.0860. The van der Waals surface area contributed by atoms with Crippen LogP contribution in [0.4, 0.5) is 0 Å². The molecule has 0 aromatic heterocycles. The lowest BCUT2D eigenvalue weighted by Gasteiger charge is -2.18. The van der Waals surface area contributed by atoms with Gasteiger partial charge in [-0.3, -0.25) is 0 Å². The summed E-state index contributed by atoms with van der Waals surface area (Å²) < 4.78 is 27.8. The van der Waals surface area contributed by atoms with E-state index in [9.17, 15) is 8.42 Å². The van der Waals surface area contributed by atoms with Crippen molar-refractivity contribution in [3.05, 3.63) is 0 Å². The van der Waals surface area contributed by atoms with Gasteiger partial charge in [-0.25, -0.2) is 8.42 Å². The third-order valence-corrected chi connectivity index (χ3v) is 4.25. The quantitative estimate of drug-likeness (QED) is 0.667. The van der Waals surface area contributed by atoms with Gasteiger partial charge in [-0.1, -0.05) is 26.2 Å². The van der Waals surface area contributed by atoms with E-state index in [1.807, 2.05) is 6.92 Å². The van der Waals surface area contributed by atoms with Crippen LogP contribution in [0.3, 0.4) is 0 Å². The van der Waals surface area contributed by atoms with Crippen molar-refractivity contribution in [3.63, 3.8) is 0 Å². The number of ether oxygens (including phenoxy) is 1. The second-order valence-corrected chi connectivity index (χ2v) is 7.42. The Balaban J connectivity index is 2.32. The summed E-state index contributed by atoms with van der Waals surface area (Å²) in [6.45, 7) is 2.58. The zero-order valence-corrected chi connectivity index (χ0v) is 11.4. The predicted molar refractivity (Wildman–Crippen MR) is 66.2 cm³/mol. The monoisotopic (exact) mass is 268 g/mol. The summed E-state index contributed by atoms with van der Waals surface area (Å²) in [7, 11) is 1.88. The molecule has 0 amide bonds. The van der Waals surface area contributed by atoms with Crippen molar-refractivity contribution >= 4 is 19.7 Å². The van der Waals surface area contributed by atoms with Crippen LogP contribution in [0.1, 0.15) is 45.4 Å². The first-order valence-electron chi connectivity index (χ1n) is 6.05. The van der Waals surface area contributed by atoms with Crippen LogP contribution in [0.15, 0.2) is 0 Å². The second-order valence-electron chi connectivity index (χ2n) is 4.60. The van der Waals surface area contributed by atoms with E-state index in [2.05, 4.69) is 0 Å². The number of hydrogen-bond acceptors (Lipinski definition) is 3. The summed E-state index contributed by atoms with van der Waals surface area (Å²) >= 11 is 0. The average Bonchev–Trinajstić information content (AvgIpc) is 2.64. The molecule has 0 spiro atoms. The molecule has 1 saturated carbocycles. The molecule has 96 valence electrons. The van der Waals surface area contributed by atoms with Crippen LogP contribution in [-0.4, -0.2) is 26.9 Å². The fraction of sp³-hybridized carbons (Fsp3) is 1.00. The molecule has 0 aliphatic heterocycles. The lowest BCUT2D eigenvalue weighted by atomic mass is 10.1. The summed E-state index contributed by atoms with van der Waals surface area (Å²) in [6, 6.07) is 0. The Morgan fingerprint density at radius 3 is 2.50 bits per heavy atom. The van der Waals surface area contributed by atoms with Crippen LogP contribution in [0.25, 0.3) is 0 Å². The zero-order chi connectivity index (χ0) is 12.0. The van der Waals surface area contributed by atoms with E-state index in [1.54, 1.807) is 0 Å². The molecule has 1 fully saturated rings. The highest BCUT2D eigenvalue weighted by molar-refractivity contribution is 8.13. The SMILES string of the molecule is CCCC(COC1CCCC1)CS(=O)(=O)Cl. The molecular weight excluding hydrogens is 248 g/mol. The molecule has 0 bridgehead atoms. The van der Waals surface area contributed by atoms with Gasteiger partial charge < -0.3 is 4.74 Å². The molecule has 16 heavy (non-hydrogen) atoms. The van der Waals surface area contributed by atoms with E-state index in [-0.39, 0.29) is 11.7 Å². The van der Waals surface area contributed by atoms with Gasteiger partial charge in [0.2, 0.25) is 9.05 Å². The van der Waals surface area contributed by atoms with Crippen LogP contribution in [0, 0.1) is 5.92 Å². The van der Waals surface area contributed by atoms with Gasteiger partial charge in [-0.05, 0) is 25.2 Å². The molecule has 0 heterocycles. The van der Waals surface area contributed by atoms with E-state index in [0.717, 1.165) is 25.7 Å². The van der Waals surface area contributed by atoms with E-state index in [0.29, 0.717) is 12.7 Å². The topological polar surface area (TPSA) is 43.4 Å². The Morgan fingerprint density at radius 1 is 1.38 bits per heavy atom. The molecule has 5 heteroatoms. The molecule has 0 saturated heterocycles. The van der Waals surface area contributed by atoms with Gasteiger partial charge in [0.1, 0.15) is 0 Å². The van der Waals surface area contributed by atoms with E-state index in [1.165, 1.54) is 12.8 Å². The number of hydrogen-bond donors (Lipinski definition) is 0. The van der Waals surface area contributed by atoms with Gasteiger partial charge in [0.25, 0.3) is 0 Å². The highest BCUT2D eigenvalue weighted by Gasteiger charge is 2.20. The standard InChI is InChI=1S/C11H21ClO3S/c1-2-5-10(9-16(12,13)14)8-15-11-6-3-4-7-11/h10-11H,2-9H2,1H3. The Kier molecular flexibility index (Phi) is 6.08. The van der Waals surface area contributed by atoms with Gasteiger partial charge in [-0.15, -0.1) is 0 Å². The van der Waals surface area contributed by atoms with E-state index in [4.69, 9.17) is 15.4 Å². The molecule has 0 aromatic rings. The van der Waals surface area contributed by atoms with Crippen LogP contribution in [0.2, 0.25) is 0 Å².